The summed E-state index contributed by atoms with van der Waals surface area (Å²) < 4.78 is 4.97. The number of benzene rings is 2. The van der Waals surface area contributed by atoms with Gasteiger partial charge in [0.15, 0.2) is 5.75 Å². The first-order chi connectivity index (χ1) is 9.61. The monoisotopic (exact) mass is 272 g/mol. The van der Waals surface area contributed by atoms with Gasteiger partial charge in [-0.05, 0) is 30.2 Å². The molecule has 0 unspecified atom stereocenters. The Morgan fingerprint density at radius 2 is 2.00 bits per heavy atom. The third kappa shape index (κ3) is 3.06. The maximum absolute atomic E-state index is 11.0. The Hall–Kier alpha value is -2.56. The summed E-state index contributed by atoms with van der Waals surface area (Å²) in [6, 6.07) is 12.9. The topological polar surface area (TPSA) is 64.4 Å². The molecular formula is C15H16N2O3. The van der Waals surface area contributed by atoms with Gasteiger partial charge in [0.05, 0.1) is 12.0 Å². The molecule has 5 nitrogen and oxygen atoms in total. The molecule has 0 amide bonds. The van der Waals surface area contributed by atoms with Gasteiger partial charge in [-0.25, -0.2) is 0 Å². The van der Waals surface area contributed by atoms with Crippen LogP contribution in [0.25, 0.3) is 0 Å². The van der Waals surface area contributed by atoms with Crippen molar-refractivity contribution in [2.45, 2.75) is 13.5 Å². The fourth-order valence-corrected chi connectivity index (χ4v) is 1.95. The summed E-state index contributed by atoms with van der Waals surface area (Å²) in [6.45, 7) is 2.66. The second-order valence-corrected chi connectivity index (χ2v) is 4.42. The van der Waals surface area contributed by atoms with Gasteiger partial charge in [-0.3, -0.25) is 10.1 Å². The zero-order chi connectivity index (χ0) is 14.5. The number of anilines is 1. The average Bonchev–Trinajstić information content (AvgIpc) is 2.46. The highest BCUT2D eigenvalue weighted by molar-refractivity contribution is 5.58. The maximum Gasteiger partial charge on any atom is 0.312 e. The van der Waals surface area contributed by atoms with E-state index in [9.17, 15) is 10.1 Å². The van der Waals surface area contributed by atoms with E-state index in [1.807, 2.05) is 31.2 Å². The summed E-state index contributed by atoms with van der Waals surface area (Å²) in [6.07, 6.45) is 0. The molecule has 2 aromatic carbocycles. The number of nitro benzene ring substituents is 1. The standard InChI is InChI=1S/C15H16N2O3/c1-11-5-3-4-6-12(11)10-16-13-7-8-15(20-2)14(9-13)17(18)19/h3-9,16H,10H2,1-2H3. The summed E-state index contributed by atoms with van der Waals surface area (Å²) in [7, 11) is 1.42. The van der Waals surface area contributed by atoms with E-state index in [0.29, 0.717) is 12.2 Å². The van der Waals surface area contributed by atoms with E-state index < -0.39 is 4.92 Å². The smallest absolute Gasteiger partial charge is 0.312 e. The molecule has 104 valence electrons. The van der Waals surface area contributed by atoms with E-state index in [0.717, 1.165) is 5.56 Å². The van der Waals surface area contributed by atoms with Gasteiger partial charge >= 0.3 is 5.69 Å². The number of hydrogen-bond donors (Lipinski definition) is 1. The van der Waals surface area contributed by atoms with Crippen molar-refractivity contribution in [3.05, 3.63) is 63.7 Å². The van der Waals surface area contributed by atoms with Crippen LogP contribution in [0, 0.1) is 17.0 Å². The van der Waals surface area contributed by atoms with E-state index in [-0.39, 0.29) is 11.4 Å². The molecule has 5 heteroatoms. The van der Waals surface area contributed by atoms with Crippen molar-refractivity contribution in [3.63, 3.8) is 0 Å². The molecule has 0 fully saturated rings. The number of nitrogens with zero attached hydrogens (tertiary/aromatic N) is 1. The molecule has 0 aliphatic carbocycles. The van der Waals surface area contributed by atoms with E-state index in [1.54, 1.807) is 12.1 Å². The minimum absolute atomic E-state index is 0.0396. The van der Waals surface area contributed by atoms with Gasteiger partial charge in [0, 0.05) is 18.3 Å². The number of nitro groups is 1. The van der Waals surface area contributed by atoms with Crippen molar-refractivity contribution in [3.8, 4) is 5.75 Å². The summed E-state index contributed by atoms with van der Waals surface area (Å²) >= 11 is 0. The number of nitrogens with one attached hydrogen (secondary N) is 1. The molecule has 0 saturated heterocycles. The molecule has 2 aromatic rings. The minimum atomic E-state index is -0.447. The molecule has 0 radical (unpaired) electrons. The predicted molar refractivity (Wildman–Crippen MR) is 78.2 cm³/mol. The van der Waals surface area contributed by atoms with Gasteiger partial charge in [0.25, 0.3) is 0 Å². The summed E-state index contributed by atoms with van der Waals surface area (Å²) in [5, 5.41) is 14.1. The highest BCUT2D eigenvalue weighted by Crippen LogP contribution is 2.29. The fourth-order valence-electron chi connectivity index (χ4n) is 1.95. The SMILES string of the molecule is COc1ccc(NCc2ccccc2C)cc1[N+](=O)[O-]. The average molecular weight is 272 g/mol. The van der Waals surface area contributed by atoms with Crippen molar-refractivity contribution >= 4 is 11.4 Å². The molecule has 2 rings (SSSR count). The van der Waals surface area contributed by atoms with Gasteiger partial charge in [0.1, 0.15) is 0 Å². The zero-order valence-electron chi connectivity index (χ0n) is 11.4. The Bertz CT molecular complexity index is 626. The molecular weight excluding hydrogens is 256 g/mol. The molecule has 20 heavy (non-hydrogen) atoms. The Balaban J connectivity index is 2.16. The Kier molecular flexibility index (Phi) is 4.20. The van der Waals surface area contributed by atoms with Crippen LogP contribution in [0.5, 0.6) is 5.75 Å². The summed E-state index contributed by atoms with van der Waals surface area (Å²) in [4.78, 5) is 10.5. The summed E-state index contributed by atoms with van der Waals surface area (Å²) in [5.74, 6) is 0.261. The normalized spacial score (nSPS) is 10.1. The Morgan fingerprint density at radius 1 is 1.25 bits per heavy atom. The second kappa shape index (κ2) is 6.06. The first-order valence-electron chi connectivity index (χ1n) is 6.22. The van der Waals surface area contributed by atoms with Gasteiger partial charge in [-0.1, -0.05) is 24.3 Å². The van der Waals surface area contributed by atoms with E-state index in [1.165, 1.54) is 18.7 Å². The van der Waals surface area contributed by atoms with Crippen LogP contribution >= 0.6 is 0 Å². The van der Waals surface area contributed by atoms with Crippen LogP contribution in [0.4, 0.5) is 11.4 Å². The van der Waals surface area contributed by atoms with Crippen molar-refractivity contribution in [1.82, 2.24) is 0 Å². The van der Waals surface area contributed by atoms with Crippen LogP contribution in [-0.2, 0) is 6.54 Å². The molecule has 0 aliphatic heterocycles. The quantitative estimate of drug-likeness (QED) is 0.668. The lowest BCUT2D eigenvalue weighted by molar-refractivity contribution is -0.385. The first-order valence-corrected chi connectivity index (χ1v) is 6.22. The van der Waals surface area contributed by atoms with Crippen LogP contribution in [-0.4, -0.2) is 12.0 Å². The number of methoxy groups -OCH3 is 1. The van der Waals surface area contributed by atoms with E-state index in [4.69, 9.17) is 4.74 Å². The van der Waals surface area contributed by atoms with Crippen molar-refractivity contribution in [2.24, 2.45) is 0 Å². The molecule has 0 spiro atoms. The van der Waals surface area contributed by atoms with Crippen LogP contribution in [0.2, 0.25) is 0 Å². The van der Waals surface area contributed by atoms with Gasteiger partial charge in [-0.2, -0.15) is 0 Å². The molecule has 0 saturated carbocycles. The molecule has 1 N–H and O–H groups in total. The lowest BCUT2D eigenvalue weighted by Gasteiger charge is -2.10. The third-order valence-corrected chi connectivity index (χ3v) is 3.12. The maximum atomic E-state index is 11.0. The van der Waals surface area contributed by atoms with Crippen molar-refractivity contribution in [1.29, 1.82) is 0 Å². The molecule has 0 aromatic heterocycles. The van der Waals surface area contributed by atoms with Crippen LogP contribution in [0.3, 0.4) is 0 Å². The number of ether oxygens (including phenoxy) is 1. The zero-order valence-corrected chi connectivity index (χ0v) is 11.4. The van der Waals surface area contributed by atoms with E-state index in [2.05, 4.69) is 5.32 Å². The Morgan fingerprint density at radius 3 is 2.65 bits per heavy atom. The molecule has 0 bridgehead atoms. The fraction of sp³-hybridized carbons (Fsp3) is 0.200. The molecule has 0 heterocycles. The highest BCUT2D eigenvalue weighted by atomic mass is 16.6. The van der Waals surface area contributed by atoms with Crippen molar-refractivity contribution in [2.75, 3.05) is 12.4 Å². The third-order valence-electron chi connectivity index (χ3n) is 3.12. The number of hydrogen-bond acceptors (Lipinski definition) is 4. The van der Waals surface area contributed by atoms with Crippen LogP contribution in [0.1, 0.15) is 11.1 Å². The molecule has 0 aliphatic rings. The number of aryl methyl sites for hydroxylation is 1. The molecule has 0 atom stereocenters. The van der Waals surface area contributed by atoms with E-state index >= 15 is 0 Å². The van der Waals surface area contributed by atoms with Gasteiger partial charge in [0.2, 0.25) is 0 Å². The van der Waals surface area contributed by atoms with Crippen LogP contribution in [0.15, 0.2) is 42.5 Å². The van der Waals surface area contributed by atoms with Crippen molar-refractivity contribution < 1.29 is 9.66 Å². The van der Waals surface area contributed by atoms with Gasteiger partial charge < -0.3 is 10.1 Å². The largest absolute Gasteiger partial charge is 0.490 e. The predicted octanol–water partition coefficient (Wildman–Crippen LogP) is 3.52. The van der Waals surface area contributed by atoms with Gasteiger partial charge in [-0.15, -0.1) is 0 Å². The second-order valence-electron chi connectivity index (χ2n) is 4.42. The Labute approximate surface area is 117 Å². The lowest BCUT2D eigenvalue weighted by atomic mass is 10.1. The number of rotatable bonds is 5. The lowest BCUT2D eigenvalue weighted by Crippen LogP contribution is -2.02. The highest BCUT2D eigenvalue weighted by Gasteiger charge is 2.14. The van der Waals surface area contributed by atoms with Crippen LogP contribution < -0.4 is 10.1 Å². The minimum Gasteiger partial charge on any atom is -0.490 e. The summed E-state index contributed by atoms with van der Waals surface area (Å²) in [5.41, 5.74) is 3.00. The first kappa shape index (κ1) is 13.9.